The number of nitrogens with one attached hydrogen (secondary N) is 3. The fraction of sp³-hybridized carbons (Fsp3) is 0.158. The van der Waals surface area contributed by atoms with Gasteiger partial charge in [-0.25, -0.2) is 14.8 Å². The van der Waals surface area contributed by atoms with Gasteiger partial charge in [-0.1, -0.05) is 30.3 Å². The average Bonchev–Trinajstić information content (AvgIpc) is 3.20. The Morgan fingerprint density at radius 2 is 2.11 bits per heavy atom. The third-order valence-electron chi connectivity index (χ3n) is 3.92. The molecule has 0 aliphatic rings. The number of aromatic nitrogens is 2. The third-order valence-corrected chi connectivity index (χ3v) is 4.55. The van der Waals surface area contributed by atoms with E-state index in [0.29, 0.717) is 5.56 Å². The number of urea groups is 1. The van der Waals surface area contributed by atoms with Crippen LogP contribution in [0.15, 0.2) is 53.5 Å². The maximum atomic E-state index is 12.2. The minimum absolute atomic E-state index is 0.105. The number of anilines is 2. The Kier molecular flexibility index (Phi) is 6.18. The van der Waals surface area contributed by atoms with E-state index in [1.165, 1.54) is 23.6 Å². The number of nitrogens with zero attached hydrogens (tertiary/aromatic N) is 2. The second-order valence-electron chi connectivity index (χ2n) is 5.99. The molecule has 0 bridgehead atoms. The van der Waals surface area contributed by atoms with Crippen LogP contribution in [-0.2, 0) is 11.3 Å². The summed E-state index contributed by atoms with van der Waals surface area (Å²) >= 11 is 1.46. The van der Waals surface area contributed by atoms with E-state index >= 15 is 0 Å². The van der Waals surface area contributed by atoms with Gasteiger partial charge in [0.2, 0.25) is 5.90 Å². The smallest absolute Gasteiger partial charge is 0.320 e. The van der Waals surface area contributed by atoms with Crippen LogP contribution in [-0.4, -0.2) is 21.9 Å². The number of benzene rings is 1. The summed E-state index contributed by atoms with van der Waals surface area (Å²) in [6.07, 6.45) is 1.40. The lowest BCUT2D eigenvalue weighted by molar-refractivity contribution is 0.249. The predicted molar refractivity (Wildman–Crippen MR) is 109 cm³/mol. The molecular weight excluding hydrogens is 376 g/mol. The van der Waals surface area contributed by atoms with Crippen molar-refractivity contribution in [2.45, 2.75) is 19.6 Å². The molecule has 0 saturated heterocycles. The van der Waals surface area contributed by atoms with Gasteiger partial charge < -0.3 is 15.8 Å². The van der Waals surface area contributed by atoms with Crippen LogP contribution in [0.1, 0.15) is 29.8 Å². The summed E-state index contributed by atoms with van der Waals surface area (Å²) in [6, 6.07) is 10.6. The summed E-state index contributed by atoms with van der Waals surface area (Å²) < 4.78 is 5.38. The van der Waals surface area contributed by atoms with Crippen LogP contribution >= 0.6 is 11.3 Å². The molecule has 8 nitrogen and oxygen atoms in total. The number of hydrogen-bond acceptors (Lipinski definition) is 7. The fourth-order valence-electron chi connectivity index (χ4n) is 2.44. The zero-order valence-electron chi connectivity index (χ0n) is 15.2. The molecule has 0 fully saturated rings. The minimum atomic E-state index is -0.397. The minimum Gasteiger partial charge on any atom is -0.471 e. The Morgan fingerprint density at radius 1 is 1.32 bits per heavy atom. The highest BCUT2D eigenvalue weighted by molar-refractivity contribution is 7.07. The maximum absolute atomic E-state index is 12.2. The largest absolute Gasteiger partial charge is 0.471 e. The van der Waals surface area contributed by atoms with E-state index in [0.717, 1.165) is 11.3 Å². The fourth-order valence-corrected chi connectivity index (χ4v) is 2.98. The van der Waals surface area contributed by atoms with E-state index in [1.54, 1.807) is 5.51 Å². The van der Waals surface area contributed by atoms with Crippen molar-refractivity contribution in [1.29, 1.82) is 5.41 Å². The Hall–Kier alpha value is -3.46. The first-order valence-corrected chi connectivity index (χ1v) is 9.44. The molecule has 0 spiro atoms. The number of rotatable bonds is 6. The Bertz CT molecular complexity index is 946. The highest BCUT2D eigenvalue weighted by atomic mass is 32.1. The van der Waals surface area contributed by atoms with Crippen molar-refractivity contribution in [3.8, 4) is 0 Å². The molecule has 0 aliphatic heterocycles. The summed E-state index contributed by atoms with van der Waals surface area (Å²) in [5, 5.41) is 15.3. The summed E-state index contributed by atoms with van der Waals surface area (Å²) in [4.78, 5) is 20.4. The van der Waals surface area contributed by atoms with Gasteiger partial charge in [-0.15, -0.1) is 11.3 Å². The molecule has 1 unspecified atom stereocenters. The molecule has 3 rings (SSSR count). The van der Waals surface area contributed by atoms with Crippen LogP contribution in [0, 0.1) is 5.41 Å². The molecule has 1 atom stereocenters. The van der Waals surface area contributed by atoms with Crippen molar-refractivity contribution < 1.29 is 9.53 Å². The Labute approximate surface area is 166 Å². The monoisotopic (exact) mass is 396 g/mol. The highest BCUT2D eigenvalue weighted by Gasteiger charge is 2.13. The van der Waals surface area contributed by atoms with E-state index < -0.39 is 6.03 Å². The summed E-state index contributed by atoms with van der Waals surface area (Å²) in [6.45, 7) is 2.07. The first kappa shape index (κ1) is 19.3. The lowest BCUT2D eigenvalue weighted by Crippen LogP contribution is -2.31. The number of nitrogen functional groups attached to an aromatic ring is 1. The van der Waals surface area contributed by atoms with Crippen LogP contribution in [0.5, 0.6) is 0 Å². The molecule has 28 heavy (non-hydrogen) atoms. The number of carbonyl (C=O) groups excluding carboxylic acids is 1. The highest BCUT2D eigenvalue weighted by Crippen LogP contribution is 2.17. The molecule has 2 amide bonds. The van der Waals surface area contributed by atoms with Crippen molar-refractivity contribution >= 4 is 34.8 Å². The van der Waals surface area contributed by atoms with Crippen LogP contribution < -0.4 is 16.4 Å². The molecular formula is C19H20N6O2S. The standard InChI is InChI=1S/C19H20N6O2S/c1-12(13-5-3-2-4-6-13)24-19(26)25-17-7-16(20)15(8-22-17)18(21)27-9-14-10-28-11-23-14/h2-8,10-12,21H,9H2,1H3,(H4,20,22,24,25,26). The molecule has 5 N–H and O–H groups in total. The number of amides is 2. The molecule has 0 aliphatic carbocycles. The van der Waals surface area contributed by atoms with E-state index in [1.807, 2.05) is 42.6 Å². The van der Waals surface area contributed by atoms with Crippen molar-refractivity contribution in [1.82, 2.24) is 15.3 Å². The van der Waals surface area contributed by atoms with Gasteiger partial charge in [-0.2, -0.15) is 0 Å². The van der Waals surface area contributed by atoms with Gasteiger partial charge in [-0.05, 0) is 12.5 Å². The molecule has 2 aromatic heterocycles. The zero-order chi connectivity index (χ0) is 19.9. The Morgan fingerprint density at radius 3 is 2.79 bits per heavy atom. The van der Waals surface area contributed by atoms with Gasteiger partial charge in [0.1, 0.15) is 12.4 Å². The van der Waals surface area contributed by atoms with Crippen molar-refractivity contribution in [3.05, 3.63) is 70.3 Å². The van der Waals surface area contributed by atoms with E-state index in [9.17, 15) is 4.79 Å². The van der Waals surface area contributed by atoms with E-state index in [-0.39, 0.29) is 30.1 Å². The number of pyridine rings is 1. The summed E-state index contributed by atoms with van der Waals surface area (Å²) in [5.74, 6) is 0.179. The summed E-state index contributed by atoms with van der Waals surface area (Å²) in [7, 11) is 0. The van der Waals surface area contributed by atoms with E-state index in [4.69, 9.17) is 15.9 Å². The van der Waals surface area contributed by atoms with Crippen molar-refractivity contribution in [2.24, 2.45) is 0 Å². The second-order valence-corrected chi connectivity index (χ2v) is 6.70. The van der Waals surface area contributed by atoms with Gasteiger partial charge in [0, 0.05) is 23.3 Å². The number of nitrogens with two attached hydrogens (primary N) is 1. The van der Waals surface area contributed by atoms with Crippen LogP contribution in [0.25, 0.3) is 0 Å². The second kappa shape index (κ2) is 8.96. The number of ether oxygens (including phenoxy) is 1. The lowest BCUT2D eigenvalue weighted by Gasteiger charge is -2.15. The summed E-state index contributed by atoms with van der Waals surface area (Å²) in [5.41, 5.74) is 10.0. The van der Waals surface area contributed by atoms with Crippen LogP contribution in [0.3, 0.4) is 0 Å². The van der Waals surface area contributed by atoms with Crippen LogP contribution in [0.2, 0.25) is 0 Å². The van der Waals surface area contributed by atoms with Gasteiger partial charge in [0.25, 0.3) is 0 Å². The van der Waals surface area contributed by atoms with E-state index in [2.05, 4.69) is 20.6 Å². The predicted octanol–water partition coefficient (Wildman–Crippen LogP) is 3.55. The first-order chi connectivity index (χ1) is 13.5. The molecule has 2 heterocycles. The lowest BCUT2D eigenvalue weighted by atomic mass is 10.1. The number of carbonyl (C=O) groups is 1. The average molecular weight is 396 g/mol. The van der Waals surface area contributed by atoms with Gasteiger partial charge >= 0.3 is 6.03 Å². The maximum Gasteiger partial charge on any atom is 0.320 e. The molecule has 3 aromatic rings. The SMILES string of the molecule is CC(NC(=O)Nc1cc(N)c(C(=N)OCc2cscn2)cn1)c1ccccc1. The normalized spacial score (nSPS) is 11.5. The third kappa shape index (κ3) is 5.04. The molecule has 144 valence electrons. The number of hydrogen-bond donors (Lipinski definition) is 4. The molecule has 0 radical (unpaired) electrons. The van der Waals surface area contributed by atoms with Gasteiger partial charge in [0.05, 0.1) is 22.8 Å². The van der Waals surface area contributed by atoms with Gasteiger partial charge in [-0.3, -0.25) is 10.7 Å². The molecule has 1 aromatic carbocycles. The quantitative estimate of drug-likeness (QED) is 0.374. The molecule has 9 heteroatoms. The van der Waals surface area contributed by atoms with Crippen molar-refractivity contribution in [3.63, 3.8) is 0 Å². The topological polar surface area (TPSA) is 126 Å². The number of thiazole rings is 1. The van der Waals surface area contributed by atoms with Crippen LogP contribution in [0.4, 0.5) is 16.3 Å². The first-order valence-electron chi connectivity index (χ1n) is 8.49. The zero-order valence-corrected chi connectivity index (χ0v) is 16.0. The van der Waals surface area contributed by atoms with Gasteiger partial charge in [0.15, 0.2) is 0 Å². The van der Waals surface area contributed by atoms with Crippen molar-refractivity contribution in [2.75, 3.05) is 11.1 Å². The molecule has 0 saturated carbocycles. The Balaban J connectivity index is 1.57.